The molecular formula is C28H28O4. The van der Waals surface area contributed by atoms with Gasteiger partial charge in [-0.2, -0.15) is 0 Å². The van der Waals surface area contributed by atoms with Gasteiger partial charge in [0.15, 0.2) is 0 Å². The van der Waals surface area contributed by atoms with Gasteiger partial charge in [0.2, 0.25) is 0 Å². The Kier molecular flexibility index (Phi) is 6.13. The second kappa shape index (κ2) is 8.99. The van der Waals surface area contributed by atoms with Gasteiger partial charge in [-0.1, -0.05) is 92.2 Å². The van der Waals surface area contributed by atoms with Gasteiger partial charge in [0.05, 0.1) is 11.8 Å². The van der Waals surface area contributed by atoms with Crippen LogP contribution in [0, 0.1) is 11.8 Å². The third kappa shape index (κ3) is 3.60. The summed E-state index contributed by atoms with van der Waals surface area (Å²) in [7, 11) is 0. The summed E-state index contributed by atoms with van der Waals surface area (Å²) in [5.41, 5.74) is 3.40. The van der Waals surface area contributed by atoms with Gasteiger partial charge >= 0.3 is 11.9 Å². The molecule has 4 heteroatoms. The van der Waals surface area contributed by atoms with E-state index in [0.717, 1.165) is 27.8 Å². The van der Waals surface area contributed by atoms with Crippen molar-refractivity contribution in [2.75, 3.05) is 0 Å². The number of aliphatic carboxylic acids is 2. The number of fused-ring (bicyclic) bond motifs is 2. The van der Waals surface area contributed by atoms with Crippen molar-refractivity contribution >= 4 is 11.9 Å². The first-order chi connectivity index (χ1) is 15.5. The molecule has 0 spiro atoms. The SMILES string of the molecule is CCCC(C(=O)O)C1(C(Cc2ccccc2)C(=O)O)c2ccccc2Cc2ccccc21. The maximum Gasteiger partial charge on any atom is 0.308 e. The van der Waals surface area contributed by atoms with Crippen LogP contribution in [-0.4, -0.2) is 22.2 Å². The summed E-state index contributed by atoms with van der Waals surface area (Å²) in [5, 5.41) is 21.1. The number of rotatable bonds is 8. The summed E-state index contributed by atoms with van der Waals surface area (Å²) in [6, 6.07) is 25.1. The van der Waals surface area contributed by atoms with Crippen LogP contribution in [0.4, 0.5) is 0 Å². The van der Waals surface area contributed by atoms with Crippen molar-refractivity contribution in [2.24, 2.45) is 11.8 Å². The maximum absolute atomic E-state index is 13.0. The molecule has 4 nitrogen and oxygen atoms in total. The van der Waals surface area contributed by atoms with E-state index in [0.29, 0.717) is 19.3 Å². The van der Waals surface area contributed by atoms with Crippen molar-refractivity contribution in [2.45, 2.75) is 38.0 Å². The van der Waals surface area contributed by atoms with Crippen molar-refractivity contribution in [1.82, 2.24) is 0 Å². The number of hydrogen-bond donors (Lipinski definition) is 2. The molecule has 0 aromatic heterocycles. The molecule has 0 fully saturated rings. The van der Waals surface area contributed by atoms with E-state index in [-0.39, 0.29) is 6.42 Å². The zero-order valence-electron chi connectivity index (χ0n) is 18.2. The molecule has 0 radical (unpaired) electrons. The molecule has 2 unspecified atom stereocenters. The molecule has 0 bridgehead atoms. The van der Waals surface area contributed by atoms with Crippen LogP contribution in [0.25, 0.3) is 0 Å². The molecule has 0 saturated carbocycles. The quantitative estimate of drug-likeness (QED) is 0.509. The highest BCUT2D eigenvalue weighted by molar-refractivity contribution is 5.82. The van der Waals surface area contributed by atoms with E-state index in [2.05, 4.69) is 0 Å². The summed E-state index contributed by atoms with van der Waals surface area (Å²) in [5.74, 6) is -3.71. The number of hydrogen-bond acceptors (Lipinski definition) is 2. The standard InChI is InChI=1S/C28H28O4/c1-2-10-24(26(29)30)28(25(27(31)32)17-19-11-4-3-5-12-19)22-15-8-6-13-20(22)18-21-14-7-9-16-23(21)28/h3-9,11-16,24-25H,2,10,17-18H2,1H3,(H,29,30)(H,31,32). The monoisotopic (exact) mass is 428 g/mol. The highest BCUT2D eigenvalue weighted by Gasteiger charge is 2.56. The molecule has 0 amide bonds. The molecular weight excluding hydrogens is 400 g/mol. The Labute approximate surface area is 188 Å². The third-order valence-corrected chi connectivity index (χ3v) is 6.86. The first kappa shape index (κ1) is 21.8. The number of carbonyl (C=O) groups is 2. The number of carboxylic acids is 2. The zero-order chi connectivity index (χ0) is 22.7. The lowest BCUT2D eigenvalue weighted by atomic mass is 9.52. The molecule has 3 aromatic rings. The van der Waals surface area contributed by atoms with E-state index in [9.17, 15) is 19.8 Å². The molecule has 32 heavy (non-hydrogen) atoms. The average Bonchev–Trinajstić information content (AvgIpc) is 2.80. The van der Waals surface area contributed by atoms with Crippen LogP contribution in [0.2, 0.25) is 0 Å². The van der Waals surface area contributed by atoms with Gasteiger partial charge in [-0.3, -0.25) is 9.59 Å². The average molecular weight is 429 g/mol. The Morgan fingerprint density at radius 3 is 1.78 bits per heavy atom. The first-order valence-electron chi connectivity index (χ1n) is 11.2. The van der Waals surface area contributed by atoms with E-state index >= 15 is 0 Å². The van der Waals surface area contributed by atoms with Crippen molar-refractivity contribution in [3.63, 3.8) is 0 Å². The summed E-state index contributed by atoms with van der Waals surface area (Å²) in [6.07, 6.45) is 1.98. The second-order valence-electron chi connectivity index (χ2n) is 8.62. The van der Waals surface area contributed by atoms with Gasteiger partial charge in [-0.15, -0.1) is 0 Å². The van der Waals surface area contributed by atoms with Crippen molar-refractivity contribution in [3.05, 3.63) is 107 Å². The maximum atomic E-state index is 13.0. The first-order valence-corrected chi connectivity index (χ1v) is 11.2. The summed E-state index contributed by atoms with van der Waals surface area (Å²) in [4.78, 5) is 25.8. The Morgan fingerprint density at radius 1 is 0.781 bits per heavy atom. The molecule has 0 heterocycles. The fourth-order valence-corrected chi connectivity index (χ4v) is 5.63. The summed E-state index contributed by atoms with van der Waals surface area (Å²) >= 11 is 0. The second-order valence-corrected chi connectivity index (χ2v) is 8.62. The van der Waals surface area contributed by atoms with E-state index < -0.39 is 29.2 Å². The minimum Gasteiger partial charge on any atom is -0.481 e. The van der Waals surface area contributed by atoms with Crippen LogP contribution >= 0.6 is 0 Å². The lowest BCUT2D eigenvalue weighted by molar-refractivity contribution is -0.150. The zero-order valence-corrected chi connectivity index (χ0v) is 18.2. The summed E-state index contributed by atoms with van der Waals surface area (Å²) in [6.45, 7) is 1.96. The predicted molar refractivity (Wildman–Crippen MR) is 124 cm³/mol. The van der Waals surface area contributed by atoms with Crippen molar-refractivity contribution < 1.29 is 19.8 Å². The molecule has 2 N–H and O–H groups in total. The molecule has 1 aliphatic carbocycles. The number of carboxylic acid groups (broad SMARTS) is 2. The smallest absolute Gasteiger partial charge is 0.308 e. The van der Waals surface area contributed by atoms with Crippen molar-refractivity contribution in [3.8, 4) is 0 Å². The topological polar surface area (TPSA) is 74.6 Å². The lowest BCUT2D eigenvalue weighted by Crippen LogP contribution is -2.52. The van der Waals surface area contributed by atoms with Crippen molar-refractivity contribution in [1.29, 1.82) is 0 Å². The molecule has 164 valence electrons. The summed E-state index contributed by atoms with van der Waals surface area (Å²) < 4.78 is 0. The van der Waals surface area contributed by atoms with Crippen LogP contribution in [0.15, 0.2) is 78.9 Å². The van der Waals surface area contributed by atoms with Gasteiger partial charge in [-0.25, -0.2) is 0 Å². The van der Waals surface area contributed by atoms with Crippen LogP contribution in [0.1, 0.15) is 47.6 Å². The minimum atomic E-state index is -1.17. The molecule has 0 saturated heterocycles. The van der Waals surface area contributed by atoms with Crippen LogP contribution < -0.4 is 0 Å². The van der Waals surface area contributed by atoms with Gasteiger partial charge in [0, 0.05) is 5.41 Å². The molecule has 3 aromatic carbocycles. The Hall–Kier alpha value is -3.40. The van der Waals surface area contributed by atoms with E-state index in [1.165, 1.54) is 0 Å². The molecule has 1 aliphatic rings. The van der Waals surface area contributed by atoms with E-state index in [4.69, 9.17) is 0 Å². The largest absolute Gasteiger partial charge is 0.481 e. The lowest BCUT2D eigenvalue weighted by Gasteiger charge is -2.48. The normalized spacial score (nSPS) is 15.8. The fraction of sp³-hybridized carbons (Fsp3) is 0.286. The molecule has 2 atom stereocenters. The van der Waals surface area contributed by atoms with Gasteiger partial charge < -0.3 is 10.2 Å². The Bertz CT molecular complexity index is 1070. The third-order valence-electron chi connectivity index (χ3n) is 6.86. The Morgan fingerprint density at radius 2 is 1.28 bits per heavy atom. The fourth-order valence-electron chi connectivity index (χ4n) is 5.63. The highest BCUT2D eigenvalue weighted by Crippen LogP contribution is 2.53. The van der Waals surface area contributed by atoms with Crippen LogP contribution in [0.5, 0.6) is 0 Å². The highest BCUT2D eigenvalue weighted by atomic mass is 16.4. The predicted octanol–water partition coefficient (Wildman–Crippen LogP) is 5.32. The molecule has 0 aliphatic heterocycles. The van der Waals surface area contributed by atoms with Crippen LogP contribution in [-0.2, 0) is 27.8 Å². The minimum absolute atomic E-state index is 0.256. The molecule has 4 rings (SSSR count). The van der Waals surface area contributed by atoms with Gasteiger partial charge in [0.1, 0.15) is 0 Å². The van der Waals surface area contributed by atoms with Crippen LogP contribution in [0.3, 0.4) is 0 Å². The van der Waals surface area contributed by atoms with E-state index in [1.54, 1.807) is 0 Å². The number of benzene rings is 3. The van der Waals surface area contributed by atoms with Gasteiger partial charge in [-0.05, 0) is 47.1 Å². The van der Waals surface area contributed by atoms with Gasteiger partial charge in [0.25, 0.3) is 0 Å². The van der Waals surface area contributed by atoms with E-state index in [1.807, 2.05) is 85.8 Å². The Balaban J connectivity index is 2.07.